The molecule has 4 saturated heterocycles. The zero-order valence-corrected chi connectivity index (χ0v) is 51.3. The van der Waals surface area contributed by atoms with Crippen LogP contribution in [0.3, 0.4) is 0 Å². The van der Waals surface area contributed by atoms with Crippen molar-refractivity contribution in [2.45, 2.75) is 43.9 Å². The lowest BCUT2D eigenvalue weighted by Gasteiger charge is -2.41. The lowest BCUT2D eigenvalue weighted by atomic mass is 10.0. The predicted molar refractivity (Wildman–Crippen MR) is 342 cm³/mol. The SMILES string of the molecule is CC(=O)c1ccc2c(ccn2-c2ccc(F)cc2)c1F.O=C(O)c1ccc2c(ccn2-c2ccc(F)cc2)c1F.O=C(c1nccs1)N1CCC(NC2CNC2)C1.O=C(c1nccs1)N1CC[C@H](NC2CN(C(=O)c3ccc4c(ccn4-c4ccc(F)cc4)c3F)C2)C1. The molecule has 9 heterocycles. The minimum atomic E-state index is -1.31. The molecule has 4 fully saturated rings. The van der Waals surface area contributed by atoms with E-state index in [1.54, 1.807) is 121 Å². The third-order valence-electron chi connectivity index (χ3n) is 16.6. The van der Waals surface area contributed by atoms with Crippen LogP contribution >= 0.6 is 22.7 Å². The molecule has 1 unspecified atom stereocenters. The molecule has 17 nitrogen and oxygen atoms in total. The van der Waals surface area contributed by atoms with Crippen molar-refractivity contribution in [3.63, 3.8) is 0 Å². The average molecular weight is 1300 g/mol. The molecule has 4 N–H and O–H groups in total. The highest BCUT2D eigenvalue weighted by Gasteiger charge is 2.37. The number of halogens is 6. The van der Waals surface area contributed by atoms with Crippen molar-refractivity contribution in [1.82, 2.24) is 54.3 Å². The normalized spacial score (nSPS) is 16.3. The molecule has 0 saturated carbocycles. The van der Waals surface area contributed by atoms with Crippen molar-refractivity contribution in [1.29, 1.82) is 0 Å². The number of benzene rings is 6. The van der Waals surface area contributed by atoms with Gasteiger partial charge in [-0.05, 0) is 147 Å². The summed E-state index contributed by atoms with van der Waals surface area (Å²) >= 11 is 2.76. The number of hydrogen-bond donors (Lipinski definition) is 4. The summed E-state index contributed by atoms with van der Waals surface area (Å²) in [5.41, 5.74) is 3.64. The first-order chi connectivity index (χ1) is 45.0. The van der Waals surface area contributed by atoms with Crippen LogP contribution in [-0.4, -0.2) is 149 Å². The fourth-order valence-corrected chi connectivity index (χ4v) is 12.9. The van der Waals surface area contributed by atoms with Crippen molar-refractivity contribution >= 4 is 84.9 Å². The Morgan fingerprint density at radius 3 is 1.22 bits per heavy atom. The molecule has 15 rings (SSSR count). The molecule has 4 aliphatic rings. The Labute approximate surface area is 536 Å². The second-order valence-corrected chi connectivity index (χ2v) is 24.5. The minimum absolute atomic E-state index is 0.0406. The Morgan fingerprint density at radius 1 is 0.462 bits per heavy atom. The van der Waals surface area contributed by atoms with Crippen LogP contribution in [0.2, 0.25) is 0 Å². The van der Waals surface area contributed by atoms with E-state index in [1.807, 2.05) is 10.3 Å². The van der Waals surface area contributed by atoms with E-state index in [1.165, 1.54) is 96.3 Å². The Morgan fingerprint density at radius 2 is 0.839 bits per heavy atom. The van der Waals surface area contributed by atoms with Gasteiger partial charge >= 0.3 is 5.97 Å². The standard InChI is InChI=1S/C26H23F2N5O2S.C16H11F2NO.C15H9F2NO2.C11H16N4OS/c27-16-1-3-19(4-2-16)33-11-8-20-22(33)6-5-21(23(20)28)25(34)32-14-18(15-32)30-17-7-10-31(13-17)26(35)24-29-9-12-36-24;1-10(20)13-6-7-15-14(16(13)18)8-9-19(15)12-4-2-11(17)3-5-12;16-9-1-3-10(4-2-9)18-8-7-11-13(18)6-5-12(14(11)17)15(19)20;16-11(10-13-2-4-17-10)15-3-1-8(7-15)14-9-5-12-6-9/h1-6,8-9,11-12,17-18,30H,7,10,13-15H2;2-9H,1H3;1-8H,(H,19,20);2,4,8-9,12,14H,1,3,5-7H2/t17-;;;/m0.../s1. The van der Waals surface area contributed by atoms with Crippen molar-refractivity contribution < 1.29 is 55.4 Å². The number of rotatable bonds is 12. The predicted octanol–water partition coefficient (Wildman–Crippen LogP) is 11.3. The second-order valence-electron chi connectivity index (χ2n) is 22.7. The lowest BCUT2D eigenvalue weighted by molar-refractivity contribution is 0.0547. The molecule has 3 amide bonds. The molecule has 476 valence electrons. The van der Waals surface area contributed by atoms with Crippen LogP contribution in [0.4, 0.5) is 26.3 Å². The number of Topliss-reactive ketones (excluding diaryl/α,β-unsaturated/α-hetero) is 1. The molecule has 4 aliphatic heterocycles. The Kier molecular flexibility index (Phi) is 18.8. The van der Waals surface area contributed by atoms with E-state index in [9.17, 15) is 45.9 Å². The highest BCUT2D eigenvalue weighted by molar-refractivity contribution is 7.11. The summed E-state index contributed by atoms with van der Waals surface area (Å²) in [6, 6.07) is 32.8. The first-order valence-electron chi connectivity index (χ1n) is 29.8. The number of aromatic carboxylic acids is 1. The highest BCUT2D eigenvalue weighted by atomic mass is 32.1. The molecule has 0 bridgehead atoms. The van der Waals surface area contributed by atoms with Gasteiger partial charge in [0.25, 0.3) is 17.7 Å². The van der Waals surface area contributed by atoms with E-state index in [-0.39, 0.29) is 75.1 Å². The molecule has 11 aromatic rings. The van der Waals surface area contributed by atoms with Gasteiger partial charge in [-0.2, -0.15) is 0 Å². The monoisotopic (exact) mass is 1300 g/mol. The molecule has 0 radical (unpaired) electrons. The second kappa shape index (κ2) is 27.6. The number of fused-ring (bicyclic) bond motifs is 3. The maximum Gasteiger partial charge on any atom is 0.338 e. The fourth-order valence-electron chi connectivity index (χ4n) is 11.7. The molecule has 0 aliphatic carbocycles. The first kappa shape index (κ1) is 63.4. The number of carboxylic acids is 1. The van der Waals surface area contributed by atoms with Crippen LogP contribution in [0.5, 0.6) is 0 Å². The quantitative estimate of drug-likeness (QED) is 0.0672. The van der Waals surface area contributed by atoms with E-state index < -0.39 is 23.4 Å². The van der Waals surface area contributed by atoms with Gasteiger partial charge in [0.15, 0.2) is 15.8 Å². The van der Waals surface area contributed by atoms with Gasteiger partial charge < -0.3 is 49.5 Å². The lowest BCUT2D eigenvalue weighted by Crippen LogP contribution is -2.62. The molecule has 25 heteroatoms. The Hall–Kier alpha value is -9.79. The van der Waals surface area contributed by atoms with Crippen LogP contribution < -0.4 is 16.0 Å². The van der Waals surface area contributed by atoms with Gasteiger partial charge in [-0.15, -0.1) is 22.7 Å². The molecule has 93 heavy (non-hydrogen) atoms. The van der Waals surface area contributed by atoms with Gasteiger partial charge in [0.2, 0.25) is 0 Å². The zero-order valence-electron chi connectivity index (χ0n) is 49.7. The number of nitrogens with one attached hydrogen (secondary N) is 3. The number of carbonyl (C=O) groups is 5. The summed E-state index contributed by atoms with van der Waals surface area (Å²) in [6.07, 6.45) is 10.2. The van der Waals surface area contributed by atoms with Crippen LogP contribution in [-0.2, 0) is 0 Å². The van der Waals surface area contributed by atoms with Crippen molar-refractivity contribution in [3.8, 4) is 17.1 Å². The maximum atomic E-state index is 15.3. The summed E-state index contributed by atoms with van der Waals surface area (Å²) in [7, 11) is 0. The number of likely N-dealkylation sites (tertiary alicyclic amines) is 3. The summed E-state index contributed by atoms with van der Waals surface area (Å²) < 4.78 is 87.9. The van der Waals surface area contributed by atoms with Crippen molar-refractivity contribution in [2.24, 2.45) is 0 Å². The Bertz CT molecular complexity index is 4400. The van der Waals surface area contributed by atoms with E-state index in [0.29, 0.717) is 87.0 Å². The molecule has 2 atom stereocenters. The first-order valence-corrected chi connectivity index (χ1v) is 31.5. The van der Waals surface area contributed by atoms with Gasteiger partial charge in [0, 0.05) is 151 Å². The largest absolute Gasteiger partial charge is 0.478 e. The maximum absolute atomic E-state index is 15.3. The summed E-state index contributed by atoms with van der Waals surface area (Å²) in [4.78, 5) is 73.3. The number of thiazole rings is 2. The average Bonchev–Trinajstić information content (AvgIpc) is 1.78. The highest BCUT2D eigenvalue weighted by Crippen LogP contribution is 2.30. The van der Waals surface area contributed by atoms with Crippen molar-refractivity contribution in [2.75, 3.05) is 52.4 Å². The van der Waals surface area contributed by atoms with E-state index in [2.05, 4.69) is 25.9 Å². The zero-order chi connectivity index (χ0) is 65.0. The van der Waals surface area contributed by atoms with Gasteiger partial charge in [0.05, 0.1) is 33.2 Å². The van der Waals surface area contributed by atoms with Crippen LogP contribution in [0.1, 0.15) is 70.4 Å². The number of carboxylic acid groups (broad SMARTS) is 1. The number of hydrogen-bond acceptors (Lipinski definition) is 12. The van der Waals surface area contributed by atoms with E-state index >= 15 is 4.39 Å². The van der Waals surface area contributed by atoms with Gasteiger partial charge in [-0.25, -0.2) is 41.1 Å². The van der Waals surface area contributed by atoms with E-state index in [0.717, 1.165) is 44.7 Å². The minimum Gasteiger partial charge on any atom is -0.478 e. The van der Waals surface area contributed by atoms with Crippen LogP contribution in [0.25, 0.3) is 49.8 Å². The van der Waals surface area contributed by atoms with Gasteiger partial charge in [0.1, 0.15) is 34.9 Å². The number of amides is 3. The van der Waals surface area contributed by atoms with Gasteiger partial charge in [-0.1, -0.05) is 0 Å². The fraction of sp³-hybridized carbons (Fsp3) is 0.221. The molecule has 0 spiro atoms. The smallest absolute Gasteiger partial charge is 0.338 e. The third kappa shape index (κ3) is 13.7. The summed E-state index contributed by atoms with van der Waals surface area (Å²) in [6.45, 7) is 7.36. The summed E-state index contributed by atoms with van der Waals surface area (Å²) in [5.74, 6) is -4.78. The molecule has 5 aromatic heterocycles. The summed E-state index contributed by atoms with van der Waals surface area (Å²) in [5, 5.41) is 24.9. The number of ketones is 1. The Balaban J connectivity index is 0.000000126. The van der Waals surface area contributed by atoms with Gasteiger partial charge in [-0.3, -0.25) is 19.2 Å². The number of nitrogens with zero attached hydrogens (tertiary/aromatic N) is 8. The molecule has 6 aromatic carbocycles. The topological polar surface area (TPSA) is 192 Å². The van der Waals surface area contributed by atoms with Crippen molar-refractivity contribution in [3.05, 3.63) is 231 Å². The third-order valence-corrected chi connectivity index (χ3v) is 18.2. The molecular weight excluding hydrogens is 1240 g/mol. The van der Waals surface area contributed by atoms with E-state index in [4.69, 9.17) is 5.11 Å². The molecular formula is C68H59F6N11O6S2. The van der Waals surface area contributed by atoms with Crippen LogP contribution in [0, 0.1) is 34.9 Å². The van der Waals surface area contributed by atoms with Crippen LogP contribution in [0.15, 0.2) is 169 Å². The number of carbonyl (C=O) groups excluding carboxylic acids is 4. The number of aromatic nitrogens is 5.